The van der Waals surface area contributed by atoms with Crippen molar-refractivity contribution in [3.63, 3.8) is 0 Å². The molecule has 7 heteroatoms. The molecule has 1 aromatic carbocycles. The van der Waals surface area contributed by atoms with Crippen molar-refractivity contribution in [2.75, 3.05) is 5.73 Å². The van der Waals surface area contributed by atoms with Gasteiger partial charge in [-0.15, -0.1) is 0 Å². The highest BCUT2D eigenvalue weighted by Gasteiger charge is 2.14. The van der Waals surface area contributed by atoms with Crippen LogP contribution in [0.25, 0.3) is 0 Å². The Morgan fingerprint density at radius 1 is 1.05 bits per heavy atom. The number of nitrogens with one attached hydrogen (secondary N) is 2. The summed E-state index contributed by atoms with van der Waals surface area (Å²) in [4.78, 5) is 31.2. The van der Waals surface area contributed by atoms with E-state index in [2.05, 4.69) is 20.8 Å². The SMILES string of the molecule is Cc1ccccc1C(=O)NNC(=O)c1nccnc1N. The smallest absolute Gasteiger partial charge is 0.292 e. The summed E-state index contributed by atoms with van der Waals surface area (Å²) >= 11 is 0. The molecule has 2 rings (SSSR count). The van der Waals surface area contributed by atoms with Crippen molar-refractivity contribution in [2.45, 2.75) is 6.92 Å². The molecule has 7 nitrogen and oxygen atoms in total. The molecule has 2 amide bonds. The Bertz CT molecular complexity index is 599. The van der Waals surface area contributed by atoms with E-state index in [0.717, 1.165) is 5.56 Å². The van der Waals surface area contributed by atoms with E-state index in [4.69, 9.17) is 5.73 Å². The predicted molar refractivity (Wildman–Crippen MR) is 72.6 cm³/mol. The van der Waals surface area contributed by atoms with Crippen molar-refractivity contribution >= 4 is 17.6 Å². The molecule has 2 aromatic rings. The molecule has 0 saturated carbocycles. The van der Waals surface area contributed by atoms with Crippen LogP contribution in [0.2, 0.25) is 0 Å². The van der Waals surface area contributed by atoms with Crippen molar-refractivity contribution in [3.8, 4) is 0 Å². The number of nitrogens with two attached hydrogens (primary N) is 1. The van der Waals surface area contributed by atoms with Crippen LogP contribution in [0.5, 0.6) is 0 Å². The maximum absolute atomic E-state index is 11.9. The zero-order chi connectivity index (χ0) is 14.5. The van der Waals surface area contributed by atoms with Gasteiger partial charge in [-0.3, -0.25) is 20.4 Å². The molecule has 20 heavy (non-hydrogen) atoms. The molecule has 102 valence electrons. The highest BCUT2D eigenvalue weighted by molar-refractivity contribution is 6.00. The number of benzene rings is 1. The first kappa shape index (κ1) is 13.5. The lowest BCUT2D eigenvalue weighted by Gasteiger charge is -2.09. The fourth-order valence-corrected chi connectivity index (χ4v) is 1.59. The van der Waals surface area contributed by atoms with Gasteiger partial charge in [0.15, 0.2) is 11.5 Å². The van der Waals surface area contributed by atoms with Gasteiger partial charge in [0.2, 0.25) is 0 Å². The minimum absolute atomic E-state index is 0.00450. The number of rotatable bonds is 2. The third-order valence-electron chi connectivity index (χ3n) is 2.62. The van der Waals surface area contributed by atoms with Crippen LogP contribution in [-0.2, 0) is 0 Å². The highest BCUT2D eigenvalue weighted by atomic mass is 16.2. The van der Waals surface area contributed by atoms with Crippen LogP contribution < -0.4 is 16.6 Å². The quantitative estimate of drug-likeness (QED) is 0.686. The molecule has 0 aliphatic heterocycles. The van der Waals surface area contributed by atoms with E-state index in [-0.39, 0.29) is 11.5 Å². The highest BCUT2D eigenvalue weighted by Crippen LogP contribution is 2.06. The number of hydrogen-bond donors (Lipinski definition) is 3. The number of hydrogen-bond acceptors (Lipinski definition) is 5. The summed E-state index contributed by atoms with van der Waals surface area (Å²) in [5, 5.41) is 0. The average molecular weight is 271 g/mol. The van der Waals surface area contributed by atoms with Crippen molar-refractivity contribution in [3.05, 3.63) is 53.5 Å². The van der Waals surface area contributed by atoms with E-state index in [9.17, 15) is 9.59 Å². The molecular formula is C13H13N5O2. The Hall–Kier alpha value is -2.96. The largest absolute Gasteiger partial charge is 0.382 e. The second kappa shape index (κ2) is 5.79. The molecule has 0 saturated heterocycles. The third-order valence-corrected chi connectivity index (χ3v) is 2.62. The molecule has 0 aliphatic carbocycles. The summed E-state index contributed by atoms with van der Waals surface area (Å²) < 4.78 is 0. The summed E-state index contributed by atoms with van der Waals surface area (Å²) in [5.74, 6) is -1.05. The second-order valence-corrected chi connectivity index (χ2v) is 4.01. The molecular weight excluding hydrogens is 258 g/mol. The summed E-state index contributed by atoms with van der Waals surface area (Å²) in [5.41, 5.74) is 11.3. The number of nitrogens with zero attached hydrogens (tertiary/aromatic N) is 2. The van der Waals surface area contributed by atoms with Crippen LogP contribution >= 0.6 is 0 Å². The topological polar surface area (TPSA) is 110 Å². The van der Waals surface area contributed by atoms with Crippen LogP contribution in [0.3, 0.4) is 0 Å². The van der Waals surface area contributed by atoms with E-state index >= 15 is 0 Å². The summed E-state index contributed by atoms with van der Waals surface area (Å²) in [6.45, 7) is 1.80. The summed E-state index contributed by atoms with van der Waals surface area (Å²) in [6.07, 6.45) is 2.71. The van der Waals surface area contributed by atoms with Gasteiger partial charge in [0.1, 0.15) is 0 Å². The number of aromatic nitrogens is 2. The Kier molecular flexibility index (Phi) is 3.90. The van der Waals surface area contributed by atoms with Gasteiger partial charge in [0.25, 0.3) is 11.8 Å². The van der Waals surface area contributed by atoms with E-state index < -0.39 is 11.8 Å². The number of carbonyl (C=O) groups is 2. The van der Waals surface area contributed by atoms with Crippen LogP contribution in [0.4, 0.5) is 5.82 Å². The van der Waals surface area contributed by atoms with Gasteiger partial charge in [-0.1, -0.05) is 18.2 Å². The third kappa shape index (κ3) is 2.89. The Labute approximate surface area is 115 Å². The Balaban J connectivity index is 2.03. The molecule has 0 unspecified atom stereocenters. The standard InChI is InChI=1S/C13H13N5O2/c1-8-4-2-3-5-9(8)12(19)17-18-13(20)10-11(14)16-7-6-15-10/h2-7H,1H3,(H2,14,16)(H,17,19)(H,18,20). The molecule has 1 aromatic heterocycles. The molecule has 1 heterocycles. The van der Waals surface area contributed by atoms with Gasteiger partial charge in [0.05, 0.1) is 0 Å². The van der Waals surface area contributed by atoms with Crippen molar-refractivity contribution in [2.24, 2.45) is 0 Å². The maximum atomic E-state index is 11.9. The molecule has 4 N–H and O–H groups in total. The van der Waals surface area contributed by atoms with Crippen LogP contribution in [-0.4, -0.2) is 21.8 Å². The minimum Gasteiger partial charge on any atom is -0.382 e. The molecule has 0 atom stereocenters. The molecule has 0 fully saturated rings. The van der Waals surface area contributed by atoms with E-state index in [1.807, 2.05) is 6.07 Å². The normalized spacial score (nSPS) is 9.85. The van der Waals surface area contributed by atoms with Crippen LogP contribution in [0.15, 0.2) is 36.7 Å². The Morgan fingerprint density at radius 3 is 2.40 bits per heavy atom. The maximum Gasteiger partial charge on any atom is 0.292 e. The first-order chi connectivity index (χ1) is 9.59. The van der Waals surface area contributed by atoms with E-state index in [1.165, 1.54) is 12.4 Å². The minimum atomic E-state index is -0.627. The van der Waals surface area contributed by atoms with Gasteiger partial charge in [0, 0.05) is 18.0 Å². The van der Waals surface area contributed by atoms with E-state index in [1.54, 1.807) is 25.1 Å². The van der Waals surface area contributed by atoms with Crippen molar-refractivity contribution in [1.82, 2.24) is 20.8 Å². The number of amides is 2. The van der Waals surface area contributed by atoms with Crippen LogP contribution in [0.1, 0.15) is 26.4 Å². The molecule has 0 spiro atoms. The summed E-state index contributed by atoms with van der Waals surface area (Å²) in [6, 6.07) is 7.03. The number of carbonyl (C=O) groups excluding carboxylic acids is 2. The van der Waals surface area contributed by atoms with Crippen molar-refractivity contribution < 1.29 is 9.59 Å². The lowest BCUT2D eigenvalue weighted by atomic mass is 10.1. The Morgan fingerprint density at radius 2 is 1.70 bits per heavy atom. The van der Waals surface area contributed by atoms with Gasteiger partial charge in [-0.25, -0.2) is 9.97 Å². The van der Waals surface area contributed by atoms with Gasteiger partial charge in [-0.2, -0.15) is 0 Å². The lowest BCUT2D eigenvalue weighted by molar-refractivity contribution is 0.0844. The zero-order valence-corrected chi connectivity index (χ0v) is 10.8. The average Bonchev–Trinajstić information content (AvgIpc) is 2.45. The van der Waals surface area contributed by atoms with Gasteiger partial charge >= 0.3 is 0 Å². The number of aryl methyl sites for hydroxylation is 1. The van der Waals surface area contributed by atoms with Gasteiger partial charge in [-0.05, 0) is 18.6 Å². The van der Waals surface area contributed by atoms with Crippen LogP contribution in [0, 0.1) is 6.92 Å². The van der Waals surface area contributed by atoms with E-state index in [0.29, 0.717) is 5.56 Å². The number of nitrogen functional groups attached to an aromatic ring is 1. The first-order valence-corrected chi connectivity index (χ1v) is 5.82. The molecule has 0 bridgehead atoms. The fourth-order valence-electron chi connectivity index (χ4n) is 1.59. The monoisotopic (exact) mass is 271 g/mol. The fraction of sp³-hybridized carbons (Fsp3) is 0.0769. The predicted octanol–water partition coefficient (Wildman–Crippen LogP) is 0.442. The first-order valence-electron chi connectivity index (χ1n) is 5.82. The molecule has 0 radical (unpaired) electrons. The van der Waals surface area contributed by atoms with Crippen molar-refractivity contribution in [1.29, 1.82) is 0 Å². The lowest BCUT2D eigenvalue weighted by Crippen LogP contribution is -2.42. The zero-order valence-electron chi connectivity index (χ0n) is 10.8. The second-order valence-electron chi connectivity index (χ2n) is 4.01. The number of anilines is 1. The summed E-state index contributed by atoms with van der Waals surface area (Å²) in [7, 11) is 0. The molecule has 0 aliphatic rings. The number of hydrazine groups is 1. The van der Waals surface area contributed by atoms with Gasteiger partial charge < -0.3 is 5.73 Å².